The van der Waals surface area contributed by atoms with E-state index in [1.54, 1.807) is 11.3 Å². The van der Waals surface area contributed by atoms with E-state index in [4.69, 9.17) is 4.74 Å². The summed E-state index contributed by atoms with van der Waals surface area (Å²) in [5, 5.41) is 13.0. The smallest absolute Gasteiger partial charge is 0.294 e. The molecule has 1 aliphatic rings. The monoisotopic (exact) mass is 255 g/mol. The minimum atomic E-state index is 0.351. The molecule has 0 radical (unpaired) electrons. The fraction of sp³-hybridized carbons (Fsp3) is 0.833. The molecule has 1 N–H and O–H groups in total. The van der Waals surface area contributed by atoms with Crippen LogP contribution in [0.15, 0.2) is 0 Å². The number of ether oxygens (including phenoxy) is 1. The fourth-order valence-electron chi connectivity index (χ4n) is 2.43. The summed E-state index contributed by atoms with van der Waals surface area (Å²) in [5.74, 6) is 0.695. The Balaban J connectivity index is 1.93. The standard InChI is InChI=1S/C12H21N3OS/c1-3-9-6-4-5-7-10(9)16-12-15-14-11(17-12)8-13-2/h9-10,13H,3-8H2,1-2H3. The number of hydrogen-bond acceptors (Lipinski definition) is 5. The molecule has 0 aliphatic heterocycles. The van der Waals surface area contributed by atoms with Crippen molar-refractivity contribution < 1.29 is 4.74 Å². The van der Waals surface area contributed by atoms with Crippen molar-refractivity contribution in [3.05, 3.63) is 5.01 Å². The van der Waals surface area contributed by atoms with Crippen molar-refractivity contribution in [2.45, 2.75) is 51.7 Å². The Morgan fingerprint density at radius 2 is 2.18 bits per heavy atom. The number of aromatic nitrogens is 2. The quantitative estimate of drug-likeness (QED) is 0.878. The third-order valence-electron chi connectivity index (χ3n) is 3.39. The Hall–Kier alpha value is -0.680. The van der Waals surface area contributed by atoms with Crippen molar-refractivity contribution in [3.8, 4) is 5.19 Å². The van der Waals surface area contributed by atoms with Gasteiger partial charge in [-0.3, -0.25) is 0 Å². The van der Waals surface area contributed by atoms with Gasteiger partial charge in [0.05, 0.1) is 0 Å². The van der Waals surface area contributed by atoms with Gasteiger partial charge < -0.3 is 10.1 Å². The molecule has 0 amide bonds. The van der Waals surface area contributed by atoms with E-state index in [1.807, 2.05) is 7.05 Å². The number of hydrogen-bond donors (Lipinski definition) is 1. The van der Waals surface area contributed by atoms with E-state index >= 15 is 0 Å². The van der Waals surface area contributed by atoms with Gasteiger partial charge >= 0.3 is 0 Å². The molecule has 17 heavy (non-hydrogen) atoms. The zero-order valence-corrected chi connectivity index (χ0v) is 11.4. The van der Waals surface area contributed by atoms with Crippen molar-refractivity contribution in [2.24, 2.45) is 5.92 Å². The normalized spacial score (nSPS) is 24.8. The van der Waals surface area contributed by atoms with Gasteiger partial charge in [0, 0.05) is 6.54 Å². The SMILES string of the molecule is CCC1CCCCC1Oc1nnc(CNC)s1. The summed E-state index contributed by atoms with van der Waals surface area (Å²) >= 11 is 1.56. The molecule has 5 heteroatoms. The van der Waals surface area contributed by atoms with Gasteiger partial charge in [-0.1, -0.05) is 29.8 Å². The predicted molar refractivity (Wildman–Crippen MR) is 69.3 cm³/mol. The first-order valence-electron chi connectivity index (χ1n) is 6.47. The van der Waals surface area contributed by atoms with E-state index in [0.29, 0.717) is 12.0 Å². The molecule has 1 aliphatic carbocycles. The molecule has 1 aromatic rings. The van der Waals surface area contributed by atoms with E-state index in [-0.39, 0.29) is 0 Å². The summed E-state index contributed by atoms with van der Waals surface area (Å²) in [5.41, 5.74) is 0. The first-order chi connectivity index (χ1) is 8.33. The average Bonchev–Trinajstić information content (AvgIpc) is 2.78. The third-order valence-corrected chi connectivity index (χ3v) is 4.21. The number of rotatable bonds is 5. The Kier molecular flexibility index (Phi) is 4.74. The summed E-state index contributed by atoms with van der Waals surface area (Å²) in [6.07, 6.45) is 6.64. The molecule has 0 aromatic carbocycles. The minimum absolute atomic E-state index is 0.351. The van der Waals surface area contributed by atoms with Crippen molar-refractivity contribution >= 4 is 11.3 Å². The van der Waals surface area contributed by atoms with E-state index in [9.17, 15) is 0 Å². The van der Waals surface area contributed by atoms with Crippen LogP contribution in [0.5, 0.6) is 5.19 Å². The molecule has 2 rings (SSSR count). The third kappa shape index (κ3) is 3.39. The van der Waals surface area contributed by atoms with Crippen LogP contribution in [0.4, 0.5) is 0 Å². The topological polar surface area (TPSA) is 47.0 Å². The molecule has 0 bridgehead atoms. The van der Waals surface area contributed by atoms with Gasteiger partial charge in [-0.2, -0.15) is 0 Å². The lowest BCUT2D eigenvalue weighted by molar-refractivity contribution is 0.0893. The summed E-state index contributed by atoms with van der Waals surface area (Å²) in [6, 6.07) is 0. The first-order valence-corrected chi connectivity index (χ1v) is 7.28. The molecule has 2 unspecified atom stereocenters. The van der Waals surface area contributed by atoms with Crippen LogP contribution in [0.25, 0.3) is 0 Å². The van der Waals surface area contributed by atoms with Gasteiger partial charge in [0.1, 0.15) is 11.1 Å². The Bertz CT molecular complexity index is 342. The van der Waals surface area contributed by atoms with Crippen molar-refractivity contribution in [2.75, 3.05) is 7.05 Å². The molecule has 1 aromatic heterocycles. The first kappa shape index (κ1) is 12.8. The van der Waals surface area contributed by atoms with Crippen LogP contribution in [-0.2, 0) is 6.54 Å². The van der Waals surface area contributed by atoms with E-state index < -0.39 is 0 Å². The molecule has 0 saturated heterocycles. The van der Waals surface area contributed by atoms with Crippen LogP contribution < -0.4 is 10.1 Å². The molecule has 1 saturated carbocycles. The van der Waals surface area contributed by atoms with Crippen LogP contribution in [0.2, 0.25) is 0 Å². The van der Waals surface area contributed by atoms with Gasteiger partial charge in [0.15, 0.2) is 0 Å². The lowest BCUT2D eigenvalue weighted by Crippen LogP contribution is -2.29. The van der Waals surface area contributed by atoms with Crippen molar-refractivity contribution in [1.29, 1.82) is 0 Å². The fourth-order valence-corrected chi connectivity index (χ4v) is 3.19. The molecule has 2 atom stereocenters. The molecule has 1 heterocycles. The summed E-state index contributed by atoms with van der Waals surface area (Å²) in [6.45, 7) is 3.02. The average molecular weight is 255 g/mol. The zero-order chi connectivity index (χ0) is 12.1. The summed E-state index contributed by atoms with van der Waals surface area (Å²) in [7, 11) is 1.91. The highest BCUT2D eigenvalue weighted by Crippen LogP contribution is 2.31. The highest BCUT2D eigenvalue weighted by molar-refractivity contribution is 7.13. The molecule has 0 spiro atoms. The second-order valence-electron chi connectivity index (χ2n) is 4.60. The van der Waals surface area contributed by atoms with Crippen LogP contribution in [0.3, 0.4) is 0 Å². The van der Waals surface area contributed by atoms with E-state index in [1.165, 1.54) is 32.1 Å². The maximum Gasteiger partial charge on any atom is 0.294 e. The predicted octanol–water partition coefficient (Wildman–Crippen LogP) is 2.61. The van der Waals surface area contributed by atoms with Crippen LogP contribution in [0.1, 0.15) is 44.0 Å². The van der Waals surface area contributed by atoms with Gasteiger partial charge in [0.25, 0.3) is 5.19 Å². The maximum atomic E-state index is 6.00. The number of nitrogens with zero attached hydrogens (tertiary/aromatic N) is 2. The zero-order valence-electron chi connectivity index (χ0n) is 10.6. The van der Waals surface area contributed by atoms with Gasteiger partial charge in [-0.25, -0.2) is 0 Å². The van der Waals surface area contributed by atoms with Gasteiger partial charge in [-0.15, -0.1) is 5.10 Å². The second-order valence-corrected chi connectivity index (χ2v) is 5.63. The number of nitrogens with one attached hydrogen (secondary N) is 1. The second kappa shape index (κ2) is 6.31. The van der Waals surface area contributed by atoms with Crippen molar-refractivity contribution in [1.82, 2.24) is 15.5 Å². The van der Waals surface area contributed by atoms with Gasteiger partial charge in [0.2, 0.25) is 0 Å². The Morgan fingerprint density at radius 3 is 2.94 bits per heavy atom. The molecular formula is C12H21N3OS. The van der Waals surface area contributed by atoms with Gasteiger partial charge in [-0.05, 0) is 38.6 Å². The van der Waals surface area contributed by atoms with E-state index in [2.05, 4.69) is 22.4 Å². The largest absolute Gasteiger partial charge is 0.465 e. The van der Waals surface area contributed by atoms with E-state index in [0.717, 1.165) is 16.7 Å². The highest BCUT2D eigenvalue weighted by Gasteiger charge is 2.26. The Morgan fingerprint density at radius 1 is 1.35 bits per heavy atom. The minimum Gasteiger partial charge on any atom is -0.465 e. The summed E-state index contributed by atoms with van der Waals surface area (Å²) < 4.78 is 6.00. The maximum absolute atomic E-state index is 6.00. The van der Waals surface area contributed by atoms with Crippen molar-refractivity contribution in [3.63, 3.8) is 0 Å². The molecular weight excluding hydrogens is 234 g/mol. The Labute approximate surface area is 107 Å². The lowest BCUT2D eigenvalue weighted by Gasteiger charge is -2.29. The lowest BCUT2D eigenvalue weighted by atomic mass is 9.85. The molecule has 1 fully saturated rings. The van der Waals surface area contributed by atoms with Crippen LogP contribution in [-0.4, -0.2) is 23.3 Å². The van der Waals surface area contributed by atoms with Crippen LogP contribution >= 0.6 is 11.3 Å². The summed E-state index contributed by atoms with van der Waals surface area (Å²) in [4.78, 5) is 0. The van der Waals surface area contributed by atoms with Crippen LogP contribution in [0, 0.1) is 5.92 Å². The highest BCUT2D eigenvalue weighted by atomic mass is 32.1. The molecule has 96 valence electrons. The molecule has 4 nitrogen and oxygen atoms in total.